The first kappa shape index (κ1) is 17.8. The van der Waals surface area contributed by atoms with Gasteiger partial charge in [0.15, 0.2) is 0 Å². The van der Waals surface area contributed by atoms with Crippen LogP contribution in [0.2, 0.25) is 0 Å². The van der Waals surface area contributed by atoms with Crippen molar-refractivity contribution in [2.45, 2.75) is 50.6 Å². The number of piperidine rings is 1. The average Bonchev–Trinajstić information content (AvgIpc) is 2.53. The summed E-state index contributed by atoms with van der Waals surface area (Å²) in [5, 5.41) is 14.5. The van der Waals surface area contributed by atoms with Gasteiger partial charge in [0.25, 0.3) is 0 Å². The SMILES string of the molecule is Cc1nccc(C2CC(O)(c3ccc(C(F)(F)F)cc3)CC(C)N2)n1. The van der Waals surface area contributed by atoms with Crippen molar-refractivity contribution in [3.63, 3.8) is 0 Å². The Morgan fingerprint density at radius 3 is 2.44 bits per heavy atom. The zero-order valence-electron chi connectivity index (χ0n) is 14.0. The van der Waals surface area contributed by atoms with Crippen molar-refractivity contribution in [3.05, 3.63) is 59.2 Å². The highest BCUT2D eigenvalue weighted by Crippen LogP contribution is 2.40. The van der Waals surface area contributed by atoms with Gasteiger partial charge in [-0.1, -0.05) is 12.1 Å². The van der Waals surface area contributed by atoms with E-state index in [-0.39, 0.29) is 12.1 Å². The lowest BCUT2D eigenvalue weighted by Gasteiger charge is -2.41. The maximum atomic E-state index is 12.8. The molecule has 7 heteroatoms. The molecular formula is C18H20F3N3O. The number of nitrogens with zero attached hydrogens (tertiary/aromatic N) is 2. The molecule has 3 atom stereocenters. The molecule has 25 heavy (non-hydrogen) atoms. The van der Waals surface area contributed by atoms with Crippen LogP contribution in [-0.4, -0.2) is 21.1 Å². The van der Waals surface area contributed by atoms with Crippen LogP contribution in [0.15, 0.2) is 36.5 Å². The summed E-state index contributed by atoms with van der Waals surface area (Å²) in [6, 6.07) is 6.34. The molecule has 0 spiro atoms. The van der Waals surface area contributed by atoms with Gasteiger partial charge in [-0.3, -0.25) is 0 Å². The topological polar surface area (TPSA) is 58.0 Å². The van der Waals surface area contributed by atoms with Crippen molar-refractivity contribution in [3.8, 4) is 0 Å². The first-order chi connectivity index (χ1) is 11.7. The second-order valence-electron chi connectivity index (χ2n) is 6.66. The fourth-order valence-corrected chi connectivity index (χ4v) is 3.45. The lowest BCUT2D eigenvalue weighted by molar-refractivity contribution is -0.137. The molecule has 0 bridgehead atoms. The molecule has 134 valence electrons. The number of rotatable bonds is 2. The molecule has 2 aromatic rings. The second-order valence-corrected chi connectivity index (χ2v) is 6.66. The van der Waals surface area contributed by atoms with Crippen LogP contribution < -0.4 is 5.32 Å². The molecule has 0 radical (unpaired) electrons. The first-order valence-electron chi connectivity index (χ1n) is 8.13. The van der Waals surface area contributed by atoms with E-state index in [4.69, 9.17) is 0 Å². The molecule has 1 saturated heterocycles. The summed E-state index contributed by atoms with van der Waals surface area (Å²) < 4.78 is 38.3. The van der Waals surface area contributed by atoms with E-state index in [0.29, 0.717) is 24.2 Å². The normalized spacial score (nSPS) is 27.3. The standard InChI is InChI=1S/C18H20F3N3O/c1-11-9-17(25,13-3-5-14(6-4-13)18(19,20)21)10-16(23-11)15-7-8-22-12(2)24-15/h3-8,11,16,23,25H,9-10H2,1-2H3. The summed E-state index contributed by atoms with van der Waals surface area (Å²) in [4.78, 5) is 8.48. The molecule has 3 rings (SSSR count). The number of aromatic nitrogens is 2. The number of hydrogen-bond donors (Lipinski definition) is 2. The van der Waals surface area contributed by atoms with Gasteiger partial charge in [0.2, 0.25) is 0 Å². The third-order valence-corrected chi connectivity index (χ3v) is 4.58. The zero-order chi connectivity index (χ0) is 18.2. The third-order valence-electron chi connectivity index (χ3n) is 4.58. The Kier molecular flexibility index (Phi) is 4.55. The molecule has 4 nitrogen and oxygen atoms in total. The molecule has 2 heterocycles. The molecule has 1 aliphatic heterocycles. The van der Waals surface area contributed by atoms with E-state index >= 15 is 0 Å². The highest BCUT2D eigenvalue weighted by Gasteiger charge is 2.40. The van der Waals surface area contributed by atoms with E-state index in [2.05, 4.69) is 15.3 Å². The van der Waals surface area contributed by atoms with Crippen LogP contribution in [0.4, 0.5) is 13.2 Å². The van der Waals surface area contributed by atoms with Crippen LogP contribution in [-0.2, 0) is 11.8 Å². The molecule has 0 saturated carbocycles. The van der Waals surface area contributed by atoms with Gasteiger partial charge in [0.05, 0.1) is 22.9 Å². The molecule has 1 aromatic heterocycles. The maximum Gasteiger partial charge on any atom is 0.416 e. The van der Waals surface area contributed by atoms with Crippen molar-refractivity contribution in [1.29, 1.82) is 0 Å². The predicted octanol–water partition coefficient (Wildman–Crippen LogP) is 3.50. The van der Waals surface area contributed by atoms with Crippen LogP contribution in [0.25, 0.3) is 0 Å². The summed E-state index contributed by atoms with van der Waals surface area (Å²) in [5.41, 5.74) is -0.669. The van der Waals surface area contributed by atoms with Crippen LogP contribution in [0.5, 0.6) is 0 Å². The van der Waals surface area contributed by atoms with Gasteiger partial charge in [-0.2, -0.15) is 13.2 Å². The molecule has 0 amide bonds. The molecular weight excluding hydrogens is 331 g/mol. The van der Waals surface area contributed by atoms with Gasteiger partial charge in [-0.25, -0.2) is 9.97 Å². The van der Waals surface area contributed by atoms with Gasteiger partial charge >= 0.3 is 6.18 Å². The first-order valence-corrected chi connectivity index (χ1v) is 8.13. The van der Waals surface area contributed by atoms with Crippen molar-refractivity contribution in [1.82, 2.24) is 15.3 Å². The third kappa shape index (κ3) is 3.82. The minimum Gasteiger partial charge on any atom is -0.385 e. The summed E-state index contributed by atoms with van der Waals surface area (Å²) >= 11 is 0. The van der Waals surface area contributed by atoms with E-state index < -0.39 is 17.3 Å². The van der Waals surface area contributed by atoms with Crippen LogP contribution in [0, 0.1) is 6.92 Å². The fraction of sp³-hybridized carbons (Fsp3) is 0.444. The number of halogens is 3. The Labute approximate surface area is 144 Å². The lowest BCUT2D eigenvalue weighted by Crippen LogP contribution is -2.47. The quantitative estimate of drug-likeness (QED) is 0.869. The lowest BCUT2D eigenvalue weighted by atomic mass is 9.78. The highest BCUT2D eigenvalue weighted by atomic mass is 19.4. The Morgan fingerprint density at radius 1 is 1.16 bits per heavy atom. The molecule has 1 aromatic carbocycles. The minimum atomic E-state index is -4.39. The number of benzene rings is 1. The monoisotopic (exact) mass is 351 g/mol. The van der Waals surface area contributed by atoms with Gasteiger partial charge < -0.3 is 10.4 Å². The van der Waals surface area contributed by atoms with Crippen LogP contribution in [0.1, 0.15) is 48.5 Å². The summed E-state index contributed by atoms with van der Waals surface area (Å²) in [7, 11) is 0. The van der Waals surface area contributed by atoms with E-state index in [1.165, 1.54) is 12.1 Å². The van der Waals surface area contributed by atoms with E-state index in [1.54, 1.807) is 19.2 Å². The number of alkyl halides is 3. The van der Waals surface area contributed by atoms with Crippen molar-refractivity contribution in [2.75, 3.05) is 0 Å². The fourth-order valence-electron chi connectivity index (χ4n) is 3.45. The van der Waals surface area contributed by atoms with Crippen LogP contribution >= 0.6 is 0 Å². The van der Waals surface area contributed by atoms with Crippen molar-refractivity contribution < 1.29 is 18.3 Å². The number of aliphatic hydroxyl groups is 1. The molecule has 0 aliphatic carbocycles. The Hall–Kier alpha value is -1.99. The second kappa shape index (κ2) is 6.38. The van der Waals surface area contributed by atoms with Gasteiger partial charge in [0.1, 0.15) is 5.82 Å². The summed E-state index contributed by atoms with van der Waals surface area (Å²) in [6.45, 7) is 3.73. The zero-order valence-corrected chi connectivity index (χ0v) is 14.0. The average molecular weight is 351 g/mol. The van der Waals surface area contributed by atoms with Gasteiger partial charge in [-0.05, 0) is 44.0 Å². The highest BCUT2D eigenvalue weighted by molar-refractivity contribution is 5.30. The Balaban J connectivity index is 1.89. The van der Waals surface area contributed by atoms with Gasteiger partial charge in [0, 0.05) is 18.7 Å². The van der Waals surface area contributed by atoms with E-state index in [9.17, 15) is 18.3 Å². The van der Waals surface area contributed by atoms with E-state index in [0.717, 1.165) is 17.8 Å². The largest absolute Gasteiger partial charge is 0.416 e. The Bertz CT molecular complexity index is 748. The molecule has 1 fully saturated rings. The van der Waals surface area contributed by atoms with Crippen molar-refractivity contribution >= 4 is 0 Å². The Morgan fingerprint density at radius 2 is 1.84 bits per heavy atom. The maximum absolute atomic E-state index is 12.8. The molecule has 3 unspecified atom stereocenters. The van der Waals surface area contributed by atoms with Crippen LogP contribution in [0.3, 0.4) is 0 Å². The predicted molar refractivity (Wildman–Crippen MR) is 86.7 cm³/mol. The summed E-state index contributed by atoms with van der Waals surface area (Å²) in [6.07, 6.45) is -1.97. The van der Waals surface area contributed by atoms with Gasteiger partial charge in [-0.15, -0.1) is 0 Å². The summed E-state index contributed by atoms with van der Waals surface area (Å²) in [5.74, 6) is 0.635. The molecule has 1 aliphatic rings. The molecule has 2 N–H and O–H groups in total. The van der Waals surface area contributed by atoms with Crippen molar-refractivity contribution in [2.24, 2.45) is 0 Å². The number of hydrogen-bond acceptors (Lipinski definition) is 4. The minimum absolute atomic E-state index is 0.0127. The van der Waals surface area contributed by atoms with E-state index in [1.807, 2.05) is 6.92 Å². The number of aryl methyl sites for hydroxylation is 1. The number of nitrogens with one attached hydrogen (secondary N) is 1. The smallest absolute Gasteiger partial charge is 0.385 e.